The summed E-state index contributed by atoms with van der Waals surface area (Å²) in [6, 6.07) is 12.5. The van der Waals surface area contributed by atoms with E-state index in [-0.39, 0.29) is 36.0 Å². The van der Waals surface area contributed by atoms with E-state index in [1.807, 2.05) is 31.0 Å². The first-order valence-electron chi connectivity index (χ1n) is 16.3. The molecule has 1 saturated carbocycles. The van der Waals surface area contributed by atoms with Gasteiger partial charge in [-0.2, -0.15) is 5.10 Å². The van der Waals surface area contributed by atoms with Gasteiger partial charge in [0, 0.05) is 61.4 Å². The maximum atomic E-state index is 13.8. The van der Waals surface area contributed by atoms with Gasteiger partial charge in [-0.25, -0.2) is 4.98 Å². The average Bonchev–Trinajstić information content (AvgIpc) is 3.36. The number of amides is 2. The Balaban J connectivity index is 1.17. The van der Waals surface area contributed by atoms with E-state index in [1.54, 1.807) is 31.2 Å². The van der Waals surface area contributed by atoms with Gasteiger partial charge in [0.15, 0.2) is 5.82 Å². The first kappa shape index (κ1) is 28.8. The van der Waals surface area contributed by atoms with Crippen LogP contribution in [0.15, 0.2) is 48.8 Å². The highest BCUT2D eigenvalue weighted by Gasteiger charge is 2.47. The Labute approximate surface area is 267 Å². The summed E-state index contributed by atoms with van der Waals surface area (Å²) in [7, 11) is 5.45. The number of carbonyl (C=O) groups is 2. The number of hydrogen-bond donors (Lipinski definition) is 2. The summed E-state index contributed by atoms with van der Waals surface area (Å²) in [5.74, 6) is 1.92. The van der Waals surface area contributed by atoms with E-state index in [0.29, 0.717) is 22.8 Å². The summed E-state index contributed by atoms with van der Waals surface area (Å²) in [6.45, 7) is 2.89. The maximum Gasteiger partial charge on any atom is 0.254 e. The molecule has 2 bridgehead atoms. The molecule has 3 N–H and O–H groups in total. The Hall–Kier alpha value is -4.64. The summed E-state index contributed by atoms with van der Waals surface area (Å²) in [5, 5.41) is 8.35. The van der Waals surface area contributed by atoms with E-state index in [4.69, 9.17) is 15.5 Å². The first-order valence-corrected chi connectivity index (χ1v) is 16.3. The lowest BCUT2D eigenvalue weighted by atomic mass is 9.97. The molecule has 2 aromatic carbocycles. The number of imidazole rings is 1. The number of rotatable bonds is 8. The SMILES string of the molecule is COc1cc(C(=O)N2[C@H]3CC[C@@H]2[C@H](N)C3)cc2nc(-c3cc4ccc([C@@H](C)NC(=O)c5cnn(C)c5)cc4n3CC3CC3)n(C)c12. The van der Waals surface area contributed by atoms with Crippen LogP contribution in [0.1, 0.15) is 71.3 Å². The van der Waals surface area contributed by atoms with Crippen LogP contribution in [-0.4, -0.2) is 65.8 Å². The lowest BCUT2D eigenvalue weighted by Crippen LogP contribution is -2.40. The van der Waals surface area contributed by atoms with Crippen molar-refractivity contribution in [2.75, 3.05) is 7.11 Å². The van der Waals surface area contributed by atoms with E-state index in [9.17, 15) is 9.59 Å². The second-order valence-electron chi connectivity index (χ2n) is 13.5. The lowest BCUT2D eigenvalue weighted by Gasteiger charge is -2.23. The number of nitrogens with zero attached hydrogens (tertiary/aromatic N) is 6. The molecule has 0 radical (unpaired) electrons. The number of benzene rings is 2. The van der Waals surface area contributed by atoms with Crippen LogP contribution in [0, 0.1) is 5.92 Å². The fourth-order valence-electron chi connectivity index (χ4n) is 7.70. The van der Waals surface area contributed by atoms with Crippen molar-refractivity contribution in [2.24, 2.45) is 25.7 Å². The van der Waals surface area contributed by atoms with Gasteiger partial charge in [0.25, 0.3) is 11.8 Å². The summed E-state index contributed by atoms with van der Waals surface area (Å²) in [6.07, 6.45) is 8.56. The molecule has 2 saturated heterocycles. The molecule has 5 aromatic rings. The van der Waals surface area contributed by atoms with Gasteiger partial charge >= 0.3 is 0 Å². The van der Waals surface area contributed by atoms with Crippen LogP contribution in [0.5, 0.6) is 5.75 Å². The summed E-state index contributed by atoms with van der Waals surface area (Å²) < 4.78 is 11.9. The number of nitrogens with two attached hydrogens (primary N) is 1. The molecule has 8 rings (SSSR count). The van der Waals surface area contributed by atoms with Crippen molar-refractivity contribution in [3.8, 4) is 17.3 Å². The zero-order valence-electron chi connectivity index (χ0n) is 26.7. The van der Waals surface area contributed by atoms with Gasteiger partial charge in [-0.3, -0.25) is 14.3 Å². The second-order valence-corrected chi connectivity index (χ2v) is 13.5. The molecular formula is C35H40N8O3. The van der Waals surface area contributed by atoms with Crippen LogP contribution < -0.4 is 15.8 Å². The molecule has 5 heterocycles. The van der Waals surface area contributed by atoms with Crippen molar-refractivity contribution in [2.45, 2.75) is 69.7 Å². The molecule has 238 valence electrons. The number of aryl methyl sites for hydroxylation is 2. The molecule has 3 fully saturated rings. The predicted octanol–water partition coefficient (Wildman–Crippen LogP) is 4.54. The summed E-state index contributed by atoms with van der Waals surface area (Å²) >= 11 is 0. The Morgan fingerprint density at radius 2 is 1.91 bits per heavy atom. The molecule has 11 heteroatoms. The number of carbonyl (C=O) groups excluding carboxylic acids is 2. The zero-order valence-corrected chi connectivity index (χ0v) is 26.7. The fraction of sp³-hybridized carbons (Fsp3) is 0.429. The normalized spacial score (nSPS) is 21.4. The Morgan fingerprint density at radius 1 is 1.09 bits per heavy atom. The number of methoxy groups -OCH3 is 1. The lowest BCUT2D eigenvalue weighted by molar-refractivity contribution is 0.0726. The second kappa shape index (κ2) is 10.7. The molecule has 4 atom stereocenters. The highest BCUT2D eigenvalue weighted by atomic mass is 16.5. The van der Waals surface area contributed by atoms with E-state index in [2.05, 4.69) is 43.8 Å². The zero-order chi connectivity index (χ0) is 31.9. The monoisotopic (exact) mass is 620 g/mol. The van der Waals surface area contributed by atoms with Crippen LogP contribution >= 0.6 is 0 Å². The molecule has 0 spiro atoms. The molecular weight excluding hydrogens is 580 g/mol. The van der Waals surface area contributed by atoms with Crippen molar-refractivity contribution in [3.63, 3.8) is 0 Å². The van der Waals surface area contributed by atoms with E-state index in [0.717, 1.165) is 64.8 Å². The molecule has 11 nitrogen and oxygen atoms in total. The first-order chi connectivity index (χ1) is 22.2. The largest absolute Gasteiger partial charge is 0.494 e. The number of fused-ring (bicyclic) bond motifs is 4. The Kier molecular flexibility index (Phi) is 6.72. The van der Waals surface area contributed by atoms with Crippen LogP contribution in [-0.2, 0) is 20.6 Å². The predicted molar refractivity (Wildman–Crippen MR) is 176 cm³/mol. The van der Waals surface area contributed by atoms with Crippen LogP contribution in [0.25, 0.3) is 33.5 Å². The van der Waals surface area contributed by atoms with Crippen molar-refractivity contribution in [3.05, 3.63) is 65.5 Å². The number of aromatic nitrogens is 5. The highest BCUT2D eigenvalue weighted by Crippen LogP contribution is 2.41. The van der Waals surface area contributed by atoms with Crippen LogP contribution in [0.4, 0.5) is 0 Å². The maximum absolute atomic E-state index is 13.8. The molecule has 0 unspecified atom stereocenters. The van der Waals surface area contributed by atoms with Gasteiger partial charge in [0.05, 0.1) is 36.1 Å². The van der Waals surface area contributed by atoms with E-state index >= 15 is 0 Å². The van der Waals surface area contributed by atoms with Gasteiger partial charge in [0.1, 0.15) is 11.3 Å². The minimum absolute atomic E-state index is 0.00738. The average molecular weight is 621 g/mol. The quantitative estimate of drug-likeness (QED) is 0.262. The van der Waals surface area contributed by atoms with Gasteiger partial charge in [0.2, 0.25) is 0 Å². The minimum atomic E-state index is -0.193. The smallest absolute Gasteiger partial charge is 0.254 e. The fourth-order valence-corrected chi connectivity index (χ4v) is 7.70. The van der Waals surface area contributed by atoms with Crippen molar-refractivity contribution in [1.29, 1.82) is 0 Å². The molecule has 3 aromatic heterocycles. The third-order valence-corrected chi connectivity index (χ3v) is 10.3. The topological polar surface area (TPSA) is 125 Å². The van der Waals surface area contributed by atoms with Crippen molar-refractivity contribution in [1.82, 2.24) is 34.1 Å². The van der Waals surface area contributed by atoms with Gasteiger partial charge in [-0.1, -0.05) is 12.1 Å². The number of hydrogen-bond acceptors (Lipinski definition) is 6. The molecule has 1 aliphatic carbocycles. The third kappa shape index (κ3) is 4.67. The Bertz CT molecular complexity index is 2020. The standard InChI is InChI=1S/C35H40N8O3/c1-19(38-34(44)24-16-37-40(2)18-24)21-7-8-22-13-30(42(29(22)12-21)17-20-5-6-20)33-39-27-11-23(14-31(46-4)32(27)41(33)3)35(45)43-25-9-10-28(43)26(36)15-25/h7-8,11-14,16,18-20,25-26,28H,5-6,9-10,15,17,36H2,1-4H3,(H,38,44)/t19-,25+,26-,28-/m1/s1. The van der Waals surface area contributed by atoms with Crippen LogP contribution in [0.2, 0.25) is 0 Å². The third-order valence-electron chi connectivity index (χ3n) is 10.3. The molecule has 3 aliphatic rings. The van der Waals surface area contributed by atoms with Crippen LogP contribution in [0.3, 0.4) is 0 Å². The number of ether oxygens (including phenoxy) is 1. The van der Waals surface area contributed by atoms with E-state index in [1.165, 1.54) is 12.8 Å². The van der Waals surface area contributed by atoms with Gasteiger partial charge in [-0.05, 0) is 74.8 Å². The summed E-state index contributed by atoms with van der Waals surface area (Å²) in [4.78, 5) is 33.8. The number of nitrogens with one attached hydrogen (secondary N) is 1. The molecule has 2 aliphatic heterocycles. The Morgan fingerprint density at radius 3 is 2.59 bits per heavy atom. The van der Waals surface area contributed by atoms with Gasteiger partial charge < -0.3 is 29.8 Å². The summed E-state index contributed by atoms with van der Waals surface area (Å²) in [5.41, 5.74) is 12.2. The van der Waals surface area contributed by atoms with Gasteiger partial charge in [-0.15, -0.1) is 0 Å². The molecule has 46 heavy (non-hydrogen) atoms. The van der Waals surface area contributed by atoms with Crippen molar-refractivity contribution < 1.29 is 14.3 Å². The highest BCUT2D eigenvalue weighted by molar-refractivity contribution is 6.01. The van der Waals surface area contributed by atoms with E-state index < -0.39 is 0 Å². The minimum Gasteiger partial charge on any atom is -0.494 e. The molecule has 2 amide bonds. The van der Waals surface area contributed by atoms with Crippen molar-refractivity contribution >= 4 is 33.8 Å².